The zero-order chi connectivity index (χ0) is 39.3. The van der Waals surface area contributed by atoms with E-state index in [4.69, 9.17) is 9.97 Å². The Labute approximate surface area is 344 Å². The molecule has 10 aromatic carbocycles. The molecule has 0 amide bonds. The van der Waals surface area contributed by atoms with Crippen molar-refractivity contribution in [3.63, 3.8) is 0 Å². The van der Waals surface area contributed by atoms with Crippen molar-refractivity contribution in [3.8, 4) is 34.0 Å². The summed E-state index contributed by atoms with van der Waals surface area (Å²) in [5, 5.41) is 13.1. The maximum absolute atomic E-state index is 5.51. The molecule has 0 unspecified atom stereocenters. The Bertz CT molecular complexity index is 3890. The highest BCUT2D eigenvalue weighted by molar-refractivity contribution is 6.27. The van der Waals surface area contributed by atoms with E-state index in [-0.39, 0.29) is 0 Å². The summed E-state index contributed by atoms with van der Waals surface area (Å²) in [5.74, 6) is 0.647. The van der Waals surface area contributed by atoms with Gasteiger partial charge >= 0.3 is 0 Å². The first-order valence-corrected chi connectivity index (χ1v) is 20.5. The number of fused-ring (bicyclic) bond motifs is 11. The molecule has 0 radical (unpaired) electrons. The number of nitrogens with zero attached hydrogens (tertiary/aromatic N) is 4. The average molecular weight is 763 g/mol. The second-order valence-corrected chi connectivity index (χ2v) is 15.8. The number of aromatic nitrogens is 4. The van der Waals surface area contributed by atoms with E-state index in [1.165, 1.54) is 64.9 Å². The van der Waals surface area contributed by atoms with Gasteiger partial charge in [0.25, 0.3) is 0 Å². The highest BCUT2D eigenvalue weighted by Gasteiger charge is 2.24. The number of hydrogen-bond donors (Lipinski definition) is 0. The number of benzene rings is 10. The summed E-state index contributed by atoms with van der Waals surface area (Å²) < 4.78 is 4.75. The highest BCUT2D eigenvalue weighted by Crippen LogP contribution is 2.46. The largest absolute Gasteiger partial charge is 0.309 e. The van der Waals surface area contributed by atoms with Crippen LogP contribution in [0.5, 0.6) is 0 Å². The van der Waals surface area contributed by atoms with Gasteiger partial charge in [-0.25, -0.2) is 9.97 Å². The van der Waals surface area contributed by atoms with Crippen molar-refractivity contribution < 1.29 is 0 Å². The molecule has 0 saturated carbocycles. The molecule has 0 atom stereocenters. The summed E-state index contributed by atoms with van der Waals surface area (Å²) in [6.07, 6.45) is 0. The van der Waals surface area contributed by atoms with Crippen LogP contribution in [-0.4, -0.2) is 19.1 Å². The van der Waals surface area contributed by atoms with Crippen LogP contribution in [-0.2, 0) is 0 Å². The minimum absolute atomic E-state index is 0.647. The van der Waals surface area contributed by atoms with Gasteiger partial charge in [0.15, 0.2) is 0 Å². The molecule has 0 aliphatic carbocycles. The Morgan fingerprint density at radius 3 is 1.85 bits per heavy atom. The van der Waals surface area contributed by atoms with Gasteiger partial charge in [-0.2, -0.15) is 0 Å². The van der Waals surface area contributed by atoms with Gasteiger partial charge in [0.2, 0.25) is 5.95 Å². The maximum atomic E-state index is 5.51. The molecule has 0 spiro atoms. The monoisotopic (exact) mass is 762 g/mol. The van der Waals surface area contributed by atoms with Crippen LogP contribution in [0.4, 0.5) is 0 Å². The molecular weight excluding hydrogens is 729 g/mol. The Balaban J connectivity index is 1.17. The van der Waals surface area contributed by atoms with Crippen LogP contribution in [0.1, 0.15) is 0 Å². The molecule has 278 valence electrons. The van der Waals surface area contributed by atoms with Gasteiger partial charge in [0.05, 0.1) is 33.3 Å². The van der Waals surface area contributed by atoms with Gasteiger partial charge in [0.1, 0.15) is 0 Å². The molecule has 0 fully saturated rings. The average Bonchev–Trinajstić information content (AvgIpc) is 3.83. The van der Waals surface area contributed by atoms with Crippen molar-refractivity contribution >= 4 is 86.8 Å². The predicted octanol–water partition coefficient (Wildman–Crippen LogP) is 14.6. The number of para-hydroxylation sites is 2. The fourth-order valence-corrected chi connectivity index (χ4v) is 9.81. The van der Waals surface area contributed by atoms with E-state index in [9.17, 15) is 0 Å². The molecule has 4 nitrogen and oxygen atoms in total. The molecule has 0 aliphatic rings. The van der Waals surface area contributed by atoms with Gasteiger partial charge in [0, 0.05) is 43.7 Å². The first-order valence-electron chi connectivity index (χ1n) is 20.5. The van der Waals surface area contributed by atoms with Gasteiger partial charge in [-0.1, -0.05) is 158 Å². The minimum atomic E-state index is 0.647. The number of hydrogen-bond acceptors (Lipinski definition) is 2. The molecule has 60 heavy (non-hydrogen) atoms. The smallest absolute Gasteiger partial charge is 0.235 e. The molecule has 0 N–H and O–H groups in total. The minimum Gasteiger partial charge on any atom is -0.309 e. The fourth-order valence-electron chi connectivity index (χ4n) is 9.81. The van der Waals surface area contributed by atoms with Crippen LogP contribution < -0.4 is 0 Å². The lowest BCUT2D eigenvalue weighted by Gasteiger charge is -2.15. The molecule has 3 aromatic heterocycles. The molecule has 0 aliphatic heterocycles. The lowest BCUT2D eigenvalue weighted by Crippen LogP contribution is -2.04. The van der Waals surface area contributed by atoms with Crippen molar-refractivity contribution in [2.24, 2.45) is 0 Å². The van der Waals surface area contributed by atoms with E-state index < -0.39 is 0 Å². The van der Waals surface area contributed by atoms with Crippen molar-refractivity contribution in [3.05, 3.63) is 206 Å². The lowest BCUT2D eigenvalue weighted by molar-refractivity contribution is 1.01. The topological polar surface area (TPSA) is 35.6 Å². The van der Waals surface area contributed by atoms with Crippen molar-refractivity contribution in [1.82, 2.24) is 19.1 Å². The predicted molar refractivity (Wildman–Crippen MR) is 252 cm³/mol. The summed E-state index contributed by atoms with van der Waals surface area (Å²) in [6, 6.07) is 74.5. The first-order chi connectivity index (χ1) is 29.8. The summed E-state index contributed by atoms with van der Waals surface area (Å²) in [6.45, 7) is 0. The Hall–Kier alpha value is -8.08. The third-order valence-electron chi connectivity index (χ3n) is 12.5. The third kappa shape index (κ3) is 4.79. The molecule has 13 aromatic rings. The summed E-state index contributed by atoms with van der Waals surface area (Å²) in [4.78, 5) is 10.9. The van der Waals surface area contributed by atoms with E-state index in [2.05, 4.69) is 215 Å². The van der Waals surface area contributed by atoms with Crippen LogP contribution in [0.15, 0.2) is 206 Å². The van der Waals surface area contributed by atoms with Gasteiger partial charge < -0.3 is 4.57 Å². The molecular formula is C56H34N4. The third-order valence-corrected chi connectivity index (χ3v) is 12.5. The number of rotatable bonds is 4. The van der Waals surface area contributed by atoms with Crippen LogP contribution in [0.3, 0.4) is 0 Å². The fraction of sp³-hybridized carbons (Fsp3) is 0. The van der Waals surface area contributed by atoms with E-state index in [1.807, 2.05) is 0 Å². The van der Waals surface area contributed by atoms with Crippen LogP contribution >= 0.6 is 0 Å². The zero-order valence-electron chi connectivity index (χ0n) is 32.4. The SMILES string of the molecule is c1ccc(-c2nc(-n3c4ccc5ccccc5c4c4cc5ccccc5c(-c5ccc6c(c5)c5ccccc5n6-c5ccc6ccccc6c5)c43)nc3ccccc23)cc1. The first kappa shape index (κ1) is 32.9. The van der Waals surface area contributed by atoms with Crippen molar-refractivity contribution in [2.75, 3.05) is 0 Å². The van der Waals surface area contributed by atoms with Crippen LogP contribution in [0.25, 0.3) is 121 Å². The van der Waals surface area contributed by atoms with Crippen LogP contribution in [0, 0.1) is 0 Å². The van der Waals surface area contributed by atoms with Crippen LogP contribution in [0.2, 0.25) is 0 Å². The molecule has 0 bridgehead atoms. The second kappa shape index (κ2) is 12.7. The normalized spacial score (nSPS) is 12.0. The molecule has 0 saturated heterocycles. The van der Waals surface area contributed by atoms with Gasteiger partial charge in [-0.3, -0.25) is 4.57 Å². The van der Waals surface area contributed by atoms with Gasteiger partial charge in [-0.15, -0.1) is 0 Å². The van der Waals surface area contributed by atoms with Gasteiger partial charge in [-0.05, 0) is 86.4 Å². The van der Waals surface area contributed by atoms with E-state index in [0.29, 0.717) is 5.95 Å². The van der Waals surface area contributed by atoms with Crippen molar-refractivity contribution in [1.29, 1.82) is 0 Å². The molecule has 3 heterocycles. The summed E-state index contributed by atoms with van der Waals surface area (Å²) in [7, 11) is 0. The quantitative estimate of drug-likeness (QED) is 0.179. The van der Waals surface area contributed by atoms with E-state index in [1.54, 1.807) is 0 Å². The van der Waals surface area contributed by atoms with E-state index in [0.717, 1.165) is 50.0 Å². The lowest BCUT2D eigenvalue weighted by atomic mass is 9.93. The van der Waals surface area contributed by atoms with E-state index >= 15 is 0 Å². The molecule has 13 rings (SSSR count). The zero-order valence-corrected chi connectivity index (χ0v) is 32.4. The standard InChI is InChI=1S/C56H34N4/c1-2-16-37(17-3-1)54-45-23-10-12-24-48(45)57-56(58-54)60-51-31-27-36-15-6-8-20-42(36)53(51)47-33-39-19-7-9-21-43(39)52(55(47)60)40-28-30-50-46(34-40)44-22-11-13-25-49(44)59(50)41-29-26-35-14-4-5-18-38(35)32-41/h1-34H. The maximum Gasteiger partial charge on any atom is 0.235 e. The summed E-state index contributed by atoms with van der Waals surface area (Å²) >= 11 is 0. The summed E-state index contributed by atoms with van der Waals surface area (Å²) in [5.41, 5.74) is 10.8. The highest BCUT2D eigenvalue weighted by atomic mass is 15.2. The second-order valence-electron chi connectivity index (χ2n) is 15.8. The Kier molecular flexibility index (Phi) is 6.98. The Morgan fingerprint density at radius 1 is 0.333 bits per heavy atom. The Morgan fingerprint density at radius 2 is 0.983 bits per heavy atom. The van der Waals surface area contributed by atoms with Crippen molar-refractivity contribution in [2.45, 2.75) is 0 Å². The molecule has 4 heteroatoms.